The maximum Gasteiger partial charge on any atom is 0.181 e. The fourth-order valence-corrected chi connectivity index (χ4v) is 3.66. The van der Waals surface area contributed by atoms with Crippen LogP contribution in [0.1, 0.15) is 23.2 Å². The lowest BCUT2D eigenvalue weighted by Crippen LogP contribution is -2.31. The van der Waals surface area contributed by atoms with Crippen LogP contribution in [-0.4, -0.2) is 39.9 Å². The van der Waals surface area contributed by atoms with Gasteiger partial charge in [0, 0.05) is 57.6 Å². The van der Waals surface area contributed by atoms with E-state index < -0.39 is 11.6 Å². The molecule has 0 unspecified atom stereocenters. The second-order valence-corrected chi connectivity index (χ2v) is 6.93. The molecule has 3 heterocycles. The summed E-state index contributed by atoms with van der Waals surface area (Å²) in [5, 5.41) is 4.78. The van der Waals surface area contributed by atoms with Crippen molar-refractivity contribution in [3.8, 4) is 11.4 Å². The number of nitrogens with zero attached hydrogens (tertiary/aromatic N) is 4. The molecule has 28 heavy (non-hydrogen) atoms. The van der Waals surface area contributed by atoms with Crippen molar-refractivity contribution in [1.82, 2.24) is 19.7 Å². The van der Waals surface area contributed by atoms with Gasteiger partial charge in [0.2, 0.25) is 0 Å². The third-order valence-electron chi connectivity index (χ3n) is 5.00. The standard InChI is InChI=1S/C20H22F2N4O2/c1-27-8-2-6-26-19-5-7-25(10-14-3-4-16(21)17(22)9-14)11-15(19)20(24-26)18-12-28-13-23-18/h3-4,9,12-13H,2,5-8,10-11H2,1H3. The second kappa shape index (κ2) is 8.20. The second-order valence-electron chi connectivity index (χ2n) is 6.93. The average molecular weight is 388 g/mol. The highest BCUT2D eigenvalue weighted by molar-refractivity contribution is 5.59. The van der Waals surface area contributed by atoms with E-state index in [9.17, 15) is 8.78 Å². The molecular weight excluding hydrogens is 366 g/mol. The smallest absolute Gasteiger partial charge is 0.181 e. The zero-order chi connectivity index (χ0) is 19.5. The van der Waals surface area contributed by atoms with E-state index in [1.165, 1.54) is 24.2 Å². The monoisotopic (exact) mass is 388 g/mol. The number of rotatable bonds is 7. The highest BCUT2D eigenvalue weighted by atomic mass is 19.2. The third kappa shape index (κ3) is 3.83. The normalized spacial score (nSPS) is 14.4. The number of halogens is 2. The zero-order valence-electron chi connectivity index (χ0n) is 15.7. The Labute approximate surface area is 161 Å². The molecule has 0 N–H and O–H groups in total. The number of ether oxygens (including phenoxy) is 1. The number of hydrogen-bond donors (Lipinski definition) is 0. The quantitative estimate of drug-likeness (QED) is 0.581. The molecule has 1 aliphatic heterocycles. The van der Waals surface area contributed by atoms with Crippen LogP contribution >= 0.6 is 0 Å². The minimum absolute atomic E-state index is 0.545. The number of oxazole rings is 1. The van der Waals surface area contributed by atoms with Gasteiger partial charge < -0.3 is 9.15 Å². The van der Waals surface area contributed by atoms with E-state index in [1.807, 2.05) is 4.68 Å². The minimum atomic E-state index is -0.824. The van der Waals surface area contributed by atoms with Gasteiger partial charge in [-0.15, -0.1) is 0 Å². The summed E-state index contributed by atoms with van der Waals surface area (Å²) < 4.78 is 39.1. The predicted octanol–water partition coefficient (Wildman–Crippen LogP) is 3.41. The maximum absolute atomic E-state index is 13.5. The molecule has 2 aromatic heterocycles. The van der Waals surface area contributed by atoms with E-state index >= 15 is 0 Å². The summed E-state index contributed by atoms with van der Waals surface area (Å²) in [6.07, 6.45) is 4.70. The van der Waals surface area contributed by atoms with Crippen molar-refractivity contribution in [2.24, 2.45) is 0 Å². The van der Waals surface area contributed by atoms with Crippen LogP contribution < -0.4 is 0 Å². The summed E-state index contributed by atoms with van der Waals surface area (Å²) in [5.74, 6) is -1.64. The lowest BCUT2D eigenvalue weighted by Gasteiger charge is -2.27. The van der Waals surface area contributed by atoms with E-state index in [2.05, 4.69) is 9.88 Å². The van der Waals surface area contributed by atoms with E-state index in [-0.39, 0.29) is 0 Å². The maximum atomic E-state index is 13.5. The van der Waals surface area contributed by atoms with Crippen molar-refractivity contribution in [2.45, 2.75) is 32.5 Å². The van der Waals surface area contributed by atoms with Crippen molar-refractivity contribution in [2.75, 3.05) is 20.3 Å². The van der Waals surface area contributed by atoms with Gasteiger partial charge in [0.05, 0.1) is 0 Å². The van der Waals surface area contributed by atoms with Gasteiger partial charge >= 0.3 is 0 Å². The van der Waals surface area contributed by atoms with Crippen molar-refractivity contribution in [3.63, 3.8) is 0 Å². The summed E-state index contributed by atoms with van der Waals surface area (Å²) in [4.78, 5) is 6.47. The average Bonchev–Trinajstić information content (AvgIpc) is 3.33. The molecule has 0 atom stereocenters. The summed E-state index contributed by atoms with van der Waals surface area (Å²) in [7, 11) is 1.69. The lowest BCUT2D eigenvalue weighted by molar-refractivity contribution is 0.188. The first-order valence-electron chi connectivity index (χ1n) is 9.28. The molecule has 6 nitrogen and oxygen atoms in total. The fourth-order valence-electron chi connectivity index (χ4n) is 3.66. The predicted molar refractivity (Wildman–Crippen MR) is 98.4 cm³/mol. The lowest BCUT2D eigenvalue weighted by atomic mass is 10.0. The van der Waals surface area contributed by atoms with E-state index in [0.29, 0.717) is 25.4 Å². The molecule has 0 saturated carbocycles. The molecule has 0 radical (unpaired) electrons. The van der Waals surface area contributed by atoms with Gasteiger partial charge in [-0.1, -0.05) is 6.07 Å². The van der Waals surface area contributed by atoms with E-state index in [1.54, 1.807) is 19.4 Å². The van der Waals surface area contributed by atoms with E-state index in [0.717, 1.165) is 42.8 Å². The van der Waals surface area contributed by atoms with Crippen molar-refractivity contribution < 1.29 is 17.9 Å². The van der Waals surface area contributed by atoms with Crippen molar-refractivity contribution >= 4 is 0 Å². The molecule has 4 rings (SSSR count). The number of methoxy groups -OCH3 is 1. The topological polar surface area (TPSA) is 56.3 Å². The summed E-state index contributed by atoms with van der Waals surface area (Å²) in [6.45, 7) is 3.48. The van der Waals surface area contributed by atoms with Crippen LogP contribution in [0.3, 0.4) is 0 Å². The van der Waals surface area contributed by atoms with Gasteiger partial charge in [-0.2, -0.15) is 5.10 Å². The van der Waals surface area contributed by atoms with Crippen LogP contribution in [0.5, 0.6) is 0 Å². The highest BCUT2D eigenvalue weighted by Gasteiger charge is 2.26. The molecule has 0 spiro atoms. The number of aromatic nitrogens is 3. The van der Waals surface area contributed by atoms with Gasteiger partial charge in [-0.3, -0.25) is 9.58 Å². The molecule has 8 heteroatoms. The Hall–Kier alpha value is -2.58. The largest absolute Gasteiger partial charge is 0.451 e. The molecule has 0 amide bonds. The molecule has 1 aromatic carbocycles. The Morgan fingerprint density at radius 3 is 2.89 bits per heavy atom. The summed E-state index contributed by atoms with van der Waals surface area (Å²) >= 11 is 0. The SMILES string of the molecule is COCCCn1nc(-c2cocn2)c2c1CCN(Cc1ccc(F)c(F)c1)C2. The van der Waals surface area contributed by atoms with Crippen LogP contribution in [0.4, 0.5) is 8.78 Å². The summed E-state index contributed by atoms with van der Waals surface area (Å²) in [5.41, 5.74) is 4.57. The fraction of sp³-hybridized carbons (Fsp3) is 0.400. The molecule has 148 valence electrons. The van der Waals surface area contributed by atoms with Crippen LogP contribution in [0.2, 0.25) is 0 Å². The Morgan fingerprint density at radius 2 is 2.14 bits per heavy atom. The Morgan fingerprint density at radius 1 is 1.25 bits per heavy atom. The molecule has 0 saturated heterocycles. The molecule has 1 aliphatic rings. The van der Waals surface area contributed by atoms with E-state index in [4.69, 9.17) is 14.3 Å². The van der Waals surface area contributed by atoms with Crippen molar-refractivity contribution in [1.29, 1.82) is 0 Å². The first kappa shape index (κ1) is 18.8. The molecule has 3 aromatic rings. The highest BCUT2D eigenvalue weighted by Crippen LogP contribution is 2.30. The zero-order valence-corrected chi connectivity index (χ0v) is 15.7. The minimum Gasteiger partial charge on any atom is -0.451 e. The van der Waals surface area contributed by atoms with Crippen LogP contribution in [0, 0.1) is 11.6 Å². The van der Waals surface area contributed by atoms with Crippen molar-refractivity contribution in [3.05, 3.63) is 59.3 Å². The third-order valence-corrected chi connectivity index (χ3v) is 5.00. The summed E-state index contributed by atoms with van der Waals surface area (Å²) in [6, 6.07) is 4.06. The van der Waals surface area contributed by atoms with Gasteiger partial charge in [0.1, 0.15) is 17.7 Å². The molecule has 0 fully saturated rings. The van der Waals surface area contributed by atoms with Gasteiger partial charge in [0.25, 0.3) is 0 Å². The van der Waals surface area contributed by atoms with Gasteiger partial charge in [-0.05, 0) is 24.1 Å². The number of fused-ring (bicyclic) bond motifs is 1. The Bertz CT molecular complexity index is 940. The molecular formula is C20H22F2N4O2. The molecule has 0 bridgehead atoms. The number of aryl methyl sites for hydroxylation is 1. The van der Waals surface area contributed by atoms with Gasteiger partial charge in [-0.25, -0.2) is 13.8 Å². The van der Waals surface area contributed by atoms with Gasteiger partial charge in [0.15, 0.2) is 18.0 Å². The number of hydrogen-bond acceptors (Lipinski definition) is 5. The molecule has 0 aliphatic carbocycles. The van der Waals surface area contributed by atoms with Crippen LogP contribution in [0.25, 0.3) is 11.4 Å². The van der Waals surface area contributed by atoms with Crippen LogP contribution in [0.15, 0.2) is 35.3 Å². The first-order valence-corrected chi connectivity index (χ1v) is 9.28. The number of benzene rings is 1. The first-order chi connectivity index (χ1) is 13.7. The Balaban J connectivity index is 1.58. The Kier molecular flexibility index (Phi) is 5.50. The van der Waals surface area contributed by atoms with Crippen LogP contribution in [-0.2, 0) is 30.8 Å².